The van der Waals surface area contributed by atoms with Crippen molar-refractivity contribution in [1.29, 1.82) is 0 Å². The van der Waals surface area contributed by atoms with Crippen LogP contribution in [-0.2, 0) is 0 Å². The number of rotatable bonds is 4. The lowest BCUT2D eigenvalue weighted by atomic mass is 10.1. The Hall–Kier alpha value is -1.79. The number of nitrogens with one attached hydrogen (secondary N) is 1. The highest BCUT2D eigenvalue weighted by Gasteiger charge is 2.25. The van der Waals surface area contributed by atoms with Crippen LogP contribution in [0.4, 0.5) is 0 Å². The van der Waals surface area contributed by atoms with Crippen LogP contribution in [0.15, 0.2) is 22.9 Å². The van der Waals surface area contributed by atoms with Gasteiger partial charge in [0.1, 0.15) is 0 Å². The molecule has 1 saturated heterocycles. The Labute approximate surface area is 124 Å². The van der Waals surface area contributed by atoms with E-state index in [1.54, 1.807) is 6.20 Å². The molecule has 3 heterocycles. The lowest BCUT2D eigenvalue weighted by molar-refractivity contribution is 0.160. The molecule has 1 unspecified atom stereocenters. The van der Waals surface area contributed by atoms with E-state index in [1.165, 1.54) is 0 Å². The minimum atomic E-state index is 0.224. The summed E-state index contributed by atoms with van der Waals surface area (Å²) in [7, 11) is 0. The van der Waals surface area contributed by atoms with Gasteiger partial charge in [0.15, 0.2) is 5.82 Å². The molecule has 2 aromatic rings. The van der Waals surface area contributed by atoms with Crippen LogP contribution in [0.25, 0.3) is 11.5 Å². The van der Waals surface area contributed by atoms with Crippen LogP contribution in [0.2, 0.25) is 0 Å². The molecular formula is C15H21N5O. The van der Waals surface area contributed by atoms with Crippen LogP contribution in [-0.4, -0.2) is 46.2 Å². The molecule has 0 aromatic carbocycles. The van der Waals surface area contributed by atoms with Gasteiger partial charge < -0.3 is 9.84 Å². The van der Waals surface area contributed by atoms with Crippen molar-refractivity contribution in [1.82, 2.24) is 25.3 Å². The molecule has 112 valence electrons. The molecule has 1 aliphatic rings. The van der Waals surface area contributed by atoms with Gasteiger partial charge in [0, 0.05) is 38.1 Å². The molecule has 0 spiro atoms. The average Bonchev–Trinajstić information content (AvgIpc) is 2.99. The quantitative estimate of drug-likeness (QED) is 0.925. The van der Waals surface area contributed by atoms with Crippen molar-refractivity contribution >= 4 is 0 Å². The number of hydrogen-bond donors (Lipinski definition) is 1. The third-order valence-electron chi connectivity index (χ3n) is 3.96. The molecule has 3 rings (SSSR count). The van der Waals surface area contributed by atoms with Crippen LogP contribution in [0.3, 0.4) is 0 Å². The monoisotopic (exact) mass is 287 g/mol. The Morgan fingerprint density at radius 2 is 2.19 bits per heavy atom. The van der Waals surface area contributed by atoms with Crippen molar-refractivity contribution in [3.63, 3.8) is 0 Å². The number of aryl methyl sites for hydroxylation is 1. The van der Waals surface area contributed by atoms with Gasteiger partial charge in [-0.2, -0.15) is 4.98 Å². The molecule has 0 radical (unpaired) electrons. The highest BCUT2D eigenvalue weighted by Crippen LogP contribution is 2.26. The normalized spacial score (nSPS) is 17.8. The van der Waals surface area contributed by atoms with Crippen molar-refractivity contribution in [2.45, 2.75) is 26.3 Å². The van der Waals surface area contributed by atoms with Crippen LogP contribution < -0.4 is 5.32 Å². The molecule has 6 nitrogen and oxygen atoms in total. The fourth-order valence-electron chi connectivity index (χ4n) is 2.79. The first-order valence-corrected chi connectivity index (χ1v) is 7.50. The molecule has 0 amide bonds. The van der Waals surface area contributed by atoms with E-state index < -0.39 is 0 Å². The second kappa shape index (κ2) is 6.32. The van der Waals surface area contributed by atoms with Crippen molar-refractivity contribution < 1.29 is 4.52 Å². The Kier molecular flexibility index (Phi) is 4.26. The number of piperazine rings is 1. The predicted octanol–water partition coefficient (Wildman–Crippen LogP) is 1.80. The SMILES string of the molecule is CCC(c1noc(-c2cccnc2C)n1)N1CCNCC1. The summed E-state index contributed by atoms with van der Waals surface area (Å²) in [5, 5.41) is 7.57. The zero-order valence-electron chi connectivity index (χ0n) is 12.5. The summed E-state index contributed by atoms with van der Waals surface area (Å²) in [6.07, 6.45) is 2.75. The van der Waals surface area contributed by atoms with Gasteiger partial charge in [-0.25, -0.2) is 0 Å². The number of nitrogens with zero attached hydrogens (tertiary/aromatic N) is 4. The summed E-state index contributed by atoms with van der Waals surface area (Å²) >= 11 is 0. The van der Waals surface area contributed by atoms with Crippen LogP contribution >= 0.6 is 0 Å². The maximum Gasteiger partial charge on any atom is 0.259 e. The Morgan fingerprint density at radius 1 is 1.38 bits per heavy atom. The van der Waals surface area contributed by atoms with E-state index in [1.807, 2.05) is 19.1 Å². The summed E-state index contributed by atoms with van der Waals surface area (Å²) in [5.41, 5.74) is 1.81. The van der Waals surface area contributed by atoms with Gasteiger partial charge >= 0.3 is 0 Å². The zero-order chi connectivity index (χ0) is 14.7. The molecule has 0 saturated carbocycles. The van der Waals surface area contributed by atoms with E-state index in [-0.39, 0.29) is 6.04 Å². The van der Waals surface area contributed by atoms with E-state index >= 15 is 0 Å². The lowest BCUT2D eigenvalue weighted by Gasteiger charge is -2.32. The minimum absolute atomic E-state index is 0.224. The van der Waals surface area contributed by atoms with Gasteiger partial charge in [0.2, 0.25) is 0 Å². The molecule has 6 heteroatoms. The fourth-order valence-corrected chi connectivity index (χ4v) is 2.79. The Balaban J connectivity index is 1.84. The maximum absolute atomic E-state index is 5.46. The van der Waals surface area contributed by atoms with Gasteiger partial charge in [0.05, 0.1) is 11.6 Å². The van der Waals surface area contributed by atoms with Crippen molar-refractivity contribution in [2.75, 3.05) is 26.2 Å². The van der Waals surface area contributed by atoms with Crippen LogP contribution in [0, 0.1) is 6.92 Å². The lowest BCUT2D eigenvalue weighted by Crippen LogP contribution is -2.45. The number of pyridine rings is 1. The van der Waals surface area contributed by atoms with Gasteiger partial charge in [-0.15, -0.1) is 0 Å². The zero-order valence-corrected chi connectivity index (χ0v) is 12.5. The topological polar surface area (TPSA) is 67.1 Å². The molecule has 21 heavy (non-hydrogen) atoms. The molecule has 1 atom stereocenters. The van der Waals surface area contributed by atoms with Crippen molar-refractivity contribution in [3.8, 4) is 11.5 Å². The van der Waals surface area contributed by atoms with E-state index in [0.717, 1.165) is 49.7 Å². The summed E-state index contributed by atoms with van der Waals surface area (Å²) in [4.78, 5) is 11.3. The third-order valence-corrected chi connectivity index (χ3v) is 3.96. The van der Waals surface area contributed by atoms with E-state index in [9.17, 15) is 0 Å². The maximum atomic E-state index is 5.46. The molecule has 2 aromatic heterocycles. The summed E-state index contributed by atoms with van der Waals surface area (Å²) in [6, 6.07) is 4.08. The van der Waals surface area contributed by atoms with E-state index in [2.05, 4.69) is 32.3 Å². The fraction of sp³-hybridized carbons (Fsp3) is 0.533. The summed E-state index contributed by atoms with van der Waals surface area (Å²) in [6.45, 7) is 8.19. The highest BCUT2D eigenvalue weighted by molar-refractivity contribution is 5.55. The van der Waals surface area contributed by atoms with Gasteiger partial charge in [0.25, 0.3) is 5.89 Å². The first-order chi connectivity index (χ1) is 10.3. The van der Waals surface area contributed by atoms with Gasteiger partial charge in [-0.1, -0.05) is 12.1 Å². The van der Waals surface area contributed by atoms with E-state index in [0.29, 0.717) is 5.89 Å². The van der Waals surface area contributed by atoms with E-state index in [4.69, 9.17) is 4.52 Å². The molecule has 1 aliphatic heterocycles. The number of aromatic nitrogens is 3. The van der Waals surface area contributed by atoms with Crippen LogP contribution in [0.5, 0.6) is 0 Å². The Bertz CT molecular complexity index is 591. The second-order valence-electron chi connectivity index (χ2n) is 5.30. The van der Waals surface area contributed by atoms with Crippen molar-refractivity contribution in [2.24, 2.45) is 0 Å². The Morgan fingerprint density at radius 3 is 2.90 bits per heavy atom. The molecule has 1 N–H and O–H groups in total. The molecule has 0 bridgehead atoms. The van der Waals surface area contributed by atoms with Crippen LogP contribution in [0.1, 0.15) is 30.9 Å². The highest BCUT2D eigenvalue weighted by atomic mass is 16.5. The standard InChI is InChI=1S/C15H21N5O/c1-3-13(20-9-7-16-8-10-20)14-18-15(21-19-14)12-5-4-6-17-11(12)2/h4-6,13,16H,3,7-10H2,1-2H3. The largest absolute Gasteiger partial charge is 0.334 e. The smallest absolute Gasteiger partial charge is 0.259 e. The van der Waals surface area contributed by atoms with Gasteiger partial charge in [-0.05, 0) is 25.5 Å². The van der Waals surface area contributed by atoms with Crippen molar-refractivity contribution in [3.05, 3.63) is 29.8 Å². The van der Waals surface area contributed by atoms with Gasteiger partial charge in [-0.3, -0.25) is 9.88 Å². The first-order valence-electron chi connectivity index (χ1n) is 7.50. The number of hydrogen-bond acceptors (Lipinski definition) is 6. The second-order valence-corrected chi connectivity index (χ2v) is 5.30. The summed E-state index contributed by atoms with van der Waals surface area (Å²) in [5.74, 6) is 1.34. The molecule has 1 fully saturated rings. The predicted molar refractivity (Wildman–Crippen MR) is 79.7 cm³/mol. The summed E-state index contributed by atoms with van der Waals surface area (Å²) < 4.78 is 5.46. The minimum Gasteiger partial charge on any atom is -0.334 e. The first kappa shape index (κ1) is 14.2. The molecular weight excluding hydrogens is 266 g/mol. The third kappa shape index (κ3) is 2.96. The average molecular weight is 287 g/mol. The molecule has 0 aliphatic carbocycles.